The van der Waals surface area contributed by atoms with Crippen LogP contribution in [0.15, 0.2) is 24.3 Å². The molecule has 1 aliphatic rings. The fraction of sp³-hybridized carbons (Fsp3) is 0.562. The van der Waals surface area contributed by atoms with Gasteiger partial charge in [-0.25, -0.2) is 0 Å². The molecule has 5 nitrogen and oxygen atoms in total. The van der Waals surface area contributed by atoms with E-state index in [0.717, 1.165) is 12.2 Å². The predicted molar refractivity (Wildman–Crippen MR) is 81.5 cm³/mol. The summed E-state index contributed by atoms with van der Waals surface area (Å²) in [5.41, 5.74) is 6.51. The number of benzene rings is 1. The molecular weight excluding hydrogens is 268 g/mol. The van der Waals surface area contributed by atoms with Crippen LogP contribution >= 0.6 is 0 Å². The van der Waals surface area contributed by atoms with Crippen molar-refractivity contribution in [3.63, 3.8) is 0 Å². The molecule has 0 aliphatic carbocycles. The molecule has 1 amide bonds. The summed E-state index contributed by atoms with van der Waals surface area (Å²) in [6.45, 7) is 6.28. The van der Waals surface area contributed by atoms with Crippen molar-refractivity contribution in [3.05, 3.63) is 29.8 Å². The Morgan fingerprint density at radius 1 is 1.57 bits per heavy atom. The Hall–Kier alpha value is -1.59. The zero-order chi connectivity index (χ0) is 15.2. The molecule has 1 aliphatic heterocycles. The van der Waals surface area contributed by atoms with Gasteiger partial charge in [0, 0.05) is 24.7 Å². The van der Waals surface area contributed by atoms with E-state index in [2.05, 4.69) is 6.92 Å². The lowest BCUT2D eigenvalue weighted by Crippen LogP contribution is -2.51. The number of hydrogen-bond acceptors (Lipinski definition) is 4. The quantitative estimate of drug-likeness (QED) is 0.896. The Balaban J connectivity index is 2.05. The molecule has 1 heterocycles. The van der Waals surface area contributed by atoms with Crippen LogP contribution in [0.25, 0.3) is 0 Å². The first kappa shape index (κ1) is 15.8. The van der Waals surface area contributed by atoms with Gasteiger partial charge in [0.1, 0.15) is 5.75 Å². The van der Waals surface area contributed by atoms with Crippen LogP contribution in [0.4, 0.5) is 0 Å². The largest absolute Gasteiger partial charge is 0.494 e. The lowest BCUT2D eigenvalue weighted by molar-refractivity contribution is -0.0300. The minimum absolute atomic E-state index is 0.00546. The molecule has 0 aromatic heterocycles. The highest BCUT2D eigenvalue weighted by Gasteiger charge is 2.27. The highest BCUT2D eigenvalue weighted by Crippen LogP contribution is 2.17. The van der Waals surface area contributed by atoms with E-state index in [9.17, 15) is 4.79 Å². The molecule has 2 rings (SSSR count). The molecule has 0 radical (unpaired) electrons. The van der Waals surface area contributed by atoms with Crippen molar-refractivity contribution >= 4 is 5.91 Å². The summed E-state index contributed by atoms with van der Waals surface area (Å²) in [7, 11) is 0. The van der Waals surface area contributed by atoms with Gasteiger partial charge in [-0.2, -0.15) is 0 Å². The van der Waals surface area contributed by atoms with E-state index < -0.39 is 0 Å². The first-order chi connectivity index (χ1) is 10.1. The van der Waals surface area contributed by atoms with E-state index in [0.29, 0.717) is 31.9 Å². The van der Waals surface area contributed by atoms with Crippen molar-refractivity contribution in [1.29, 1.82) is 0 Å². The molecule has 1 fully saturated rings. The molecule has 5 heteroatoms. The number of amides is 1. The Morgan fingerprint density at radius 2 is 2.38 bits per heavy atom. The second-order valence-electron chi connectivity index (χ2n) is 5.40. The summed E-state index contributed by atoms with van der Waals surface area (Å²) in [6, 6.07) is 7.25. The van der Waals surface area contributed by atoms with Crippen LogP contribution in [0, 0.1) is 0 Å². The van der Waals surface area contributed by atoms with E-state index in [1.54, 1.807) is 11.0 Å². The number of hydrogen-bond donors (Lipinski definition) is 1. The van der Waals surface area contributed by atoms with Crippen LogP contribution in [0.3, 0.4) is 0 Å². The predicted octanol–water partition coefficient (Wildman–Crippen LogP) is 1.66. The number of nitrogens with zero attached hydrogens (tertiary/aromatic N) is 1. The number of carbonyl (C=O) groups excluding carboxylic acids is 1. The average molecular weight is 292 g/mol. The number of carbonyl (C=O) groups is 1. The van der Waals surface area contributed by atoms with Crippen molar-refractivity contribution in [3.8, 4) is 5.75 Å². The van der Waals surface area contributed by atoms with E-state index >= 15 is 0 Å². The monoisotopic (exact) mass is 292 g/mol. The third-order valence-electron chi connectivity index (χ3n) is 3.52. The molecule has 1 saturated heterocycles. The molecule has 2 N–H and O–H groups in total. The Morgan fingerprint density at radius 3 is 3.10 bits per heavy atom. The third kappa shape index (κ3) is 4.19. The maximum Gasteiger partial charge on any atom is 0.254 e. The second kappa shape index (κ2) is 7.43. The van der Waals surface area contributed by atoms with Crippen molar-refractivity contribution in [2.75, 3.05) is 26.3 Å². The molecule has 0 saturated carbocycles. The van der Waals surface area contributed by atoms with Crippen LogP contribution in [-0.4, -0.2) is 49.3 Å². The second-order valence-corrected chi connectivity index (χ2v) is 5.40. The maximum atomic E-state index is 12.6. The van der Waals surface area contributed by atoms with Crippen molar-refractivity contribution in [2.24, 2.45) is 5.73 Å². The van der Waals surface area contributed by atoms with Gasteiger partial charge < -0.3 is 20.1 Å². The lowest BCUT2D eigenvalue weighted by Gasteiger charge is -2.34. The van der Waals surface area contributed by atoms with Crippen molar-refractivity contribution < 1.29 is 14.3 Å². The number of rotatable bonds is 5. The molecule has 1 aromatic rings. The molecule has 2 unspecified atom stereocenters. The van der Waals surface area contributed by atoms with Crippen LogP contribution in [0.2, 0.25) is 0 Å². The summed E-state index contributed by atoms with van der Waals surface area (Å²) < 4.78 is 11.2. The summed E-state index contributed by atoms with van der Waals surface area (Å²) in [6.07, 6.45) is 0.847. The van der Waals surface area contributed by atoms with E-state index in [1.165, 1.54) is 0 Å². The highest BCUT2D eigenvalue weighted by molar-refractivity contribution is 5.94. The molecule has 0 bridgehead atoms. The van der Waals surface area contributed by atoms with Crippen LogP contribution in [0.1, 0.15) is 30.6 Å². The standard InChI is InChI=1S/C16H24N2O3/c1-3-8-20-14-6-4-5-13(10-14)16(19)18-7-9-21-15(11-18)12(2)17/h4-6,10,12,15H,3,7-9,11,17H2,1-2H3. The summed E-state index contributed by atoms with van der Waals surface area (Å²) in [4.78, 5) is 14.4. The first-order valence-electron chi connectivity index (χ1n) is 7.51. The summed E-state index contributed by atoms with van der Waals surface area (Å²) in [5.74, 6) is 0.741. The first-order valence-corrected chi connectivity index (χ1v) is 7.51. The topological polar surface area (TPSA) is 64.8 Å². The third-order valence-corrected chi connectivity index (χ3v) is 3.52. The molecule has 2 atom stereocenters. The Kier molecular flexibility index (Phi) is 5.59. The number of nitrogens with two attached hydrogens (primary N) is 1. The molecule has 0 spiro atoms. The zero-order valence-corrected chi connectivity index (χ0v) is 12.7. The molecule has 116 valence electrons. The number of ether oxygens (including phenoxy) is 2. The van der Waals surface area contributed by atoms with Gasteiger partial charge >= 0.3 is 0 Å². The van der Waals surface area contributed by atoms with E-state index in [4.69, 9.17) is 15.2 Å². The van der Waals surface area contributed by atoms with Crippen molar-refractivity contribution in [1.82, 2.24) is 4.90 Å². The molecule has 1 aromatic carbocycles. The van der Waals surface area contributed by atoms with Crippen LogP contribution in [0.5, 0.6) is 5.75 Å². The summed E-state index contributed by atoms with van der Waals surface area (Å²) >= 11 is 0. The minimum Gasteiger partial charge on any atom is -0.494 e. The van der Waals surface area contributed by atoms with Gasteiger partial charge in [0.15, 0.2) is 0 Å². The maximum absolute atomic E-state index is 12.6. The zero-order valence-electron chi connectivity index (χ0n) is 12.7. The van der Waals surface area contributed by atoms with Gasteiger partial charge in [0.25, 0.3) is 5.91 Å². The van der Waals surface area contributed by atoms with Gasteiger partial charge in [-0.15, -0.1) is 0 Å². The Labute approximate surface area is 126 Å². The fourth-order valence-electron chi connectivity index (χ4n) is 2.30. The van der Waals surface area contributed by atoms with E-state index in [-0.39, 0.29) is 18.1 Å². The average Bonchev–Trinajstić information content (AvgIpc) is 2.52. The fourth-order valence-corrected chi connectivity index (χ4v) is 2.30. The molecule has 21 heavy (non-hydrogen) atoms. The van der Waals surface area contributed by atoms with Gasteiger partial charge in [-0.1, -0.05) is 13.0 Å². The Bertz CT molecular complexity index is 476. The van der Waals surface area contributed by atoms with Crippen molar-refractivity contribution in [2.45, 2.75) is 32.4 Å². The lowest BCUT2D eigenvalue weighted by atomic mass is 10.1. The van der Waals surface area contributed by atoms with Crippen LogP contribution < -0.4 is 10.5 Å². The van der Waals surface area contributed by atoms with E-state index in [1.807, 2.05) is 25.1 Å². The van der Waals surface area contributed by atoms with Gasteiger partial charge in [-0.3, -0.25) is 4.79 Å². The van der Waals surface area contributed by atoms with Crippen LogP contribution in [-0.2, 0) is 4.74 Å². The van der Waals surface area contributed by atoms with Gasteiger partial charge in [0.05, 0.1) is 19.3 Å². The molecular formula is C16H24N2O3. The van der Waals surface area contributed by atoms with Gasteiger partial charge in [0.2, 0.25) is 0 Å². The smallest absolute Gasteiger partial charge is 0.254 e. The number of morpholine rings is 1. The SMILES string of the molecule is CCCOc1cccc(C(=O)N2CCOC(C(C)N)C2)c1. The van der Waals surface area contributed by atoms with Gasteiger partial charge in [-0.05, 0) is 31.5 Å². The highest BCUT2D eigenvalue weighted by atomic mass is 16.5. The minimum atomic E-state index is -0.0952. The normalized spacial score (nSPS) is 20.1. The summed E-state index contributed by atoms with van der Waals surface area (Å²) in [5, 5.41) is 0.